The van der Waals surface area contributed by atoms with E-state index in [9.17, 15) is 18.8 Å². The van der Waals surface area contributed by atoms with Crippen LogP contribution in [0.25, 0.3) is 0 Å². The van der Waals surface area contributed by atoms with E-state index in [0.717, 1.165) is 35.7 Å². The van der Waals surface area contributed by atoms with Crippen molar-refractivity contribution in [3.05, 3.63) is 35.6 Å². The van der Waals surface area contributed by atoms with E-state index >= 15 is 0 Å². The lowest BCUT2D eigenvalue weighted by Crippen LogP contribution is -2.57. The van der Waals surface area contributed by atoms with E-state index in [2.05, 4.69) is 5.32 Å². The number of thioether (sulfide) groups is 2. The Morgan fingerprint density at radius 1 is 1.25 bits per heavy atom. The molecule has 1 unspecified atom stereocenters. The van der Waals surface area contributed by atoms with Crippen LogP contribution in [-0.4, -0.2) is 33.2 Å². The molecule has 20 heavy (non-hydrogen) atoms. The lowest BCUT2D eigenvalue weighted by atomic mass is 10.0. The van der Waals surface area contributed by atoms with Crippen molar-refractivity contribution >= 4 is 40.3 Å². The van der Waals surface area contributed by atoms with Crippen molar-refractivity contribution < 1.29 is 18.8 Å². The number of nitrogens with one attached hydrogen (secondary N) is 1. The van der Waals surface area contributed by atoms with Gasteiger partial charge in [0.05, 0.1) is 0 Å². The van der Waals surface area contributed by atoms with E-state index in [1.165, 1.54) is 19.1 Å². The highest BCUT2D eigenvalue weighted by atomic mass is 32.2. The number of ketones is 1. The van der Waals surface area contributed by atoms with Crippen LogP contribution in [0.5, 0.6) is 0 Å². The Morgan fingerprint density at radius 2 is 1.90 bits per heavy atom. The molecule has 0 bridgehead atoms. The number of carbonyl (C=O) groups excluding carboxylic acids is 3. The molecule has 1 saturated heterocycles. The monoisotopic (exact) mass is 313 g/mol. The molecule has 1 fully saturated rings. The van der Waals surface area contributed by atoms with Crippen LogP contribution in [0.4, 0.5) is 4.39 Å². The molecule has 7 heteroatoms. The first kappa shape index (κ1) is 15.1. The van der Waals surface area contributed by atoms with Crippen LogP contribution in [0.1, 0.15) is 17.3 Å². The van der Waals surface area contributed by atoms with Gasteiger partial charge in [-0.15, -0.1) is 11.8 Å². The zero-order valence-corrected chi connectivity index (χ0v) is 12.3. The third-order valence-electron chi connectivity index (χ3n) is 2.70. The second-order valence-electron chi connectivity index (χ2n) is 4.18. The van der Waals surface area contributed by atoms with Gasteiger partial charge in [-0.25, -0.2) is 4.39 Å². The molecule has 1 atom stereocenters. The molecule has 0 radical (unpaired) electrons. The Balaban J connectivity index is 2.40. The van der Waals surface area contributed by atoms with Crippen molar-refractivity contribution in [3.8, 4) is 0 Å². The van der Waals surface area contributed by atoms with Crippen LogP contribution in [-0.2, 0) is 9.59 Å². The zero-order valence-electron chi connectivity index (χ0n) is 10.6. The fourth-order valence-electron chi connectivity index (χ4n) is 1.84. The van der Waals surface area contributed by atoms with Gasteiger partial charge < -0.3 is 5.32 Å². The van der Waals surface area contributed by atoms with Crippen molar-refractivity contribution in [1.82, 2.24) is 5.32 Å². The number of hydrogen-bond acceptors (Lipinski definition) is 5. The summed E-state index contributed by atoms with van der Waals surface area (Å²) in [4.78, 5) is 34.5. The number of amides is 1. The van der Waals surface area contributed by atoms with Gasteiger partial charge in [0, 0.05) is 24.0 Å². The van der Waals surface area contributed by atoms with Crippen LogP contribution in [0, 0.1) is 5.82 Å². The molecule has 1 aromatic carbocycles. The van der Waals surface area contributed by atoms with Crippen LogP contribution in [0.15, 0.2) is 24.3 Å². The quantitative estimate of drug-likeness (QED) is 0.681. The maximum atomic E-state index is 12.9. The summed E-state index contributed by atoms with van der Waals surface area (Å²) < 4.78 is 12.9. The minimum atomic E-state index is -1.60. The standard InChI is InChI=1S/C13H12FNO3S2/c1-8(16)15-13(12(18)19-6-7-20-13)11(17)9-2-4-10(14)5-3-9/h2-5H,6-7H2,1H3,(H,15,16). The fourth-order valence-corrected chi connectivity index (χ4v) is 4.29. The molecule has 1 aliphatic rings. The molecular formula is C13H12FNO3S2. The Kier molecular flexibility index (Phi) is 4.49. The van der Waals surface area contributed by atoms with Gasteiger partial charge in [0.15, 0.2) is 0 Å². The van der Waals surface area contributed by atoms with E-state index in [4.69, 9.17) is 0 Å². The summed E-state index contributed by atoms with van der Waals surface area (Å²) in [6, 6.07) is 4.93. The lowest BCUT2D eigenvalue weighted by Gasteiger charge is -2.33. The third kappa shape index (κ3) is 2.88. The summed E-state index contributed by atoms with van der Waals surface area (Å²) in [5.41, 5.74) is 0.198. The SMILES string of the molecule is CC(=O)NC1(C(=O)c2ccc(F)cc2)SCCSC1=O. The zero-order chi connectivity index (χ0) is 14.8. The molecule has 1 heterocycles. The number of rotatable bonds is 3. The Bertz CT molecular complexity index is 561. The average molecular weight is 313 g/mol. The average Bonchev–Trinajstić information content (AvgIpc) is 2.41. The summed E-state index contributed by atoms with van der Waals surface area (Å²) in [7, 11) is 0. The molecule has 106 valence electrons. The first-order chi connectivity index (χ1) is 9.45. The second kappa shape index (κ2) is 5.97. The number of carbonyl (C=O) groups is 3. The highest BCUT2D eigenvalue weighted by Crippen LogP contribution is 2.37. The van der Waals surface area contributed by atoms with Gasteiger partial charge in [0.25, 0.3) is 0 Å². The molecule has 1 N–H and O–H groups in total. The van der Waals surface area contributed by atoms with E-state index < -0.39 is 27.5 Å². The highest BCUT2D eigenvalue weighted by molar-refractivity contribution is 8.19. The van der Waals surface area contributed by atoms with Crippen LogP contribution < -0.4 is 5.32 Å². The molecule has 0 spiro atoms. The van der Waals surface area contributed by atoms with E-state index in [-0.39, 0.29) is 5.56 Å². The van der Waals surface area contributed by atoms with Crippen LogP contribution >= 0.6 is 23.5 Å². The number of halogens is 1. The first-order valence-electron chi connectivity index (χ1n) is 5.86. The van der Waals surface area contributed by atoms with Gasteiger partial charge in [0.1, 0.15) is 5.82 Å². The van der Waals surface area contributed by atoms with Gasteiger partial charge in [-0.3, -0.25) is 14.4 Å². The third-order valence-corrected chi connectivity index (χ3v) is 5.38. The van der Waals surface area contributed by atoms with Gasteiger partial charge in [-0.1, -0.05) is 11.8 Å². The van der Waals surface area contributed by atoms with Crippen molar-refractivity contribution in [2.24, 2.45) is 0 Å². The Labute approximate surface area is 123 Å². The molecule has 1 amide bonds. The molecule has 0 aromatic heterocycles. The minimum absolute atomic E-state index is 0.198. The molecule has 1 aromatic rings. The Hall–Kier alpha value is -1.34. The number of hydrogen-bond donors (Lipinski definition) is 1. The van der Waals surface area contributed by atoms with Gasteiger partial charge >= 0.3 is 0 Å². The normalized spacial score (nSPS) is 22.4. The molecule has 0 aliphatic carbocycles. The van der Waals surface area contributed by atoms with Crippen molar-refractivity contribution in [3.63, 3.8) is 0 Å². The highest BCUT2D eigenvalue weighted by Gasteiger charge is 2.49. The van der Waals surface area contributed by atoms with Crippen molar-refractivity contribution in [2.45, 2.75) is 11.8 Å². The molecular weight excluding hydrogens is 301 g/mol. The second-order valence-corrected chi connectivity index (χ2v) is 6.56. The topological polar surface area (TPSA) is 63.2 Å². The Morgan fingerprint density at radius 3 is 2.45 bits per heavy atom. The summed E-state index contributed by atoms with van der Waals surface area (Å²) in [6.07, 6.45) is 0. The minimum Gasteiger partial charge on any atom is -0.328 e. The summed E-state index contributed by atoms with van der Waals surface area (Å²) in [6.45, 7) is 1.26. The summed E-state index contributed by atoms with van der Waals surface area (Å²) in [5.74, 6) is -0.267. The number of benzene rings is 1. The molecule has 1 aliphatic heterocycles. The first-order valence-corrected chi connectivity index (χ1v) is 7.83. The molecule has 0 saturated carbocycles. The largest absolute Gasteiger partial charge is 0.328 e. The fraction of sp³-hybridized carbons (Fsp3) is 0.308. The van der Waals surface area contributed by atoms with Crippen LogP contribution in [0.3, 0.4) is 0 Å². The summed E-state index contributed by atoms with van der Waals surface area (Å²) >= 11 is 2.13. The molecule has 2 rings (SSSR count). The van der Waals surface area contributed by atoms with Gasteiger partial charge in [-0.2, -0.15) is 0 Å². The van der Waals surface area contributed by atoms with Crippen LogP contribution in [0.2, 0.25) is 0 Å². The molecule has 4 nitrogen and oxygen atoms in total. The number of Topliss-reactive ketones (excluding diaryl/α,β-unsaturated/α-hetero) is 1. The lowest BCUT2D eigenvalue weighted by molar-refractivity contribution is -0.123. The predicted molar refractivity (Wildman–Crippen MR) is 77.2 cm³/mol. The van der Waals surface area contributed by atoms with Gasteiger partial charge in [0.2, 0.25) is 21.7 Å². The maximum absolute atomic E-state index is 12.9. The smallest absolute Gasteiger partial charge is 0.233 e. The van der Waals surface area contributed by atoms with Gasteiger partial charge in [-0.05, 0) is 24.3 Å². The van der Waals surface area contributed by atoms with E-state index in [0.29, 0.717) is 11.5 Å². The van der Waals surface area contributed by atoms with E-state index in [1.54, 1.807) is 0 Å². The summed E-state index contributed by atoms with van der Waals surface area (Å²) in [5, 5.41) is 2.08. The predicted octanol–water partition coefficient (Wildman–Crippen LogP) is 1.85. The maximum Gasteiger partial charge on any atom is 0.233 e. The van der Waals surface area contributed by atoms with E-state index in [1.807, 2.05) is 0 Å². The van der Waals surface area contributed by atoms with Crippen molar-refractivity contribution in [1.29, 1.82) is 0 Å². The van der Waals surface area contributed by atoms with Crippen molar-refractivity contribution in [2.75, 3.05) is 11.5 Å².